The molecule has 7 nitrogen and oxygen atoms in total. The van der Waals surface area contributed by atoms with E-state index in [0.717, 1.165) is 37.5 Å². The quantitative estimate of drug-likeness (QED) is 0.275. The molecule has 3 aromatic rings. The maximum absolute atomic E-state index is 13.2. The summed E-state index contributed by atoms with van der Waals surface area (Å²) in [7, 11) is 0. The number of nitrogens with zero attached hydrogens (tertiary/aromatic N) is 2. The number of aliphatic hydroxyl groups excluding tert-OH is 1. The molecule has 2 aliphatic heterocycles. The lowest BCUT2D eigenvalue weighted by atomic mass is 9.97. The van der Waals surface area contributed by atoms with Gasteiger partial charge in [0.2, 0.25) is 5.91 Å². The van der Waals surface area contributed by atoms with Crippen molar-refractivity contribution in [3.63, 3.8) is 0 Å². The molecule has 0 bridgehead atoms. The first-order valence-corrected chi connectivity index (χ1v) is 13.3. The third kappa shape index (κ3) is 6.49. The molecule has 0 aliphatic carbocycles. The summed E-state index contributed by atoms with van der Waals surface area (Å²) in [6.07, 6.45) is 1.66. The van der Waals surface area contributed by atoms with Crippen molar-refractivity contribution < 1.29 is 27.9 Å². The average molecular weight is 563 g/mol. The maximum atomic E-state index is 13.2. The molecular weight excluding hydrogens is 533 g/mol. The van der Waals surface area contributed by atoms with Gasteiger partial charge < -0.3 is 20.6 Å². The van der Waals surface area contributed by atoms with Crippen LogP contribution in [0.15, 0.2) is 79.0 Å². The second-order valence-corrected chi connectivity index (χ2v) is 10.3. The van der Waals surface area contributed by atoms with E-state index in [9.17, 15) is 27.9 Å². The summed E-state index contributed by atoms with van der Waals surface area (Å²) < 4.78 is 39.5. The van der Waals surface area contributed by atoms with Crippen molar-refractivity contribution in [1.82, 2.24) is 4.98 Å². The van der Waals surface area contributed by atoms with E-state index < -0.39 is 29.7 Å². The average Bonchev–Trinajstić information content (AvgIpc) is 3.38. The Bertz CT molecular complexity index is 1500. The van der Waals surface area contributed by atoms with Crippen LogP contribution in [0.4, 0.5) is 30.4 Å². The Balaban J connectivity index is 1.39. The van der Waals surface area contributed by atoms with E-state index in [4.69, 9.17) is 0 Å². The number of carbonyl (C=O) groups is 2. The van der Waals surface area contributed by atoms with Gasteiger partial charge in [-0.2, -0.15) is 13.2 Å². The molecule has 2 aromatic carbocycles. The number of hydrogen-bond donors (Lipinski definition) is 3. The molecule has 2 amide bonds. The zero-order chi connectivity index (χ0) is 29.1. The van der Waals surface area contributed by atoms with Gasteiger partial charge in [-0.25, -0.2) is 4.98 Å². The van der Waals surface area contributed by atoms with Gasteiger partial charge in [-0.3, -0.25) is 9.59 Å². The van der Waals surface area contributed by atoms with Crippen LogP contribution >= 0.6 is 0 Å². The van der Waals surface area contributed by atoms with Crippen LogP contribution in [-0.4, -0.2) is 41.1 Å². The first-order chi connectivity index (χ1) is 19.6. The Labute approximate surface area is 235 Å². The highest BCUT2D eigenvalue weighted by Crippen LogP contribution is 2.32. The van der Waals surface area contributed by atoms with Crippen molar-refractivity contribution in [3.8, 4) is 0 Å². The summed E-state index contributed by atoms with van der Waals surface area (Å²) in [5.41, 5.74) is 2.66. The van der Waals surface area contributed by atoms with Gasteiger partial charge in [0.25, 0.3) is 5.91 Å². The topological polar surface area (TPSA) is 94.6 Å². The minimum absolute atomic E-state index is 0.0681. The SMILES string of the molecule is CC1CCN(c2ccc(/C(=C/C=C/C(=O)Nc3cccc4c3CC(O)C(=O)N4)c3ccc(C(F)(F)F)cc3)cn2)C1. The van der Waals surface area contributed by atoms with Gasteiger partial charge in [-0.05, 0) is 59.9 Å². The zero-order valence-electron chi connectivity index (χ0n) is 22.3. The van der Waals surface area contributed by atoms with Gasteiger partial charge in [-0.1, -0.05) is 37.3 Å². The second-order valence-electron chi connectivity index (χ2n) is 10.3. The number of rotatable bonds is 6. The standard InChI is InChI=1S/C31H29F3N4O3/c1-19-14-15-38(18-19)28-13-10-21(17-35-28)23(20-8-11-22(12-9-20)31(32,33)34)4-2-7-29(40)36-25-5-3-6-26-24(25)16-27(39)30(41)37-26/h2-13,17,19,27,39H,14-16,18H2,1H3,(H,36,40)(H,37,41)/b7-2+,23-4+. The molecule has 3 N–H and O–H groups in total. The van der Waals surface area contributed by atoms with Crippen molar-refractivity contribution in [2.75, 3.05) is 28.6 Å². The number of anilines is 3. The van der Waals surface area contributed by atoms with E-state index in [1.807, 2.05) is 12.1 Å². The number of pyridine rings is 1. The summed E-state index contributed by atoms with van der Waals surface area (Å²) in [6, 6.07) is 13.7. The lowest BCUT2D eigenvalue weighted by Crippen LogP contribution is -2.34. The highest BCUT2D eigenvalue weighted by molar-refractivity contribution is 6.03. The molecule has 0 radical (unpaired) electrons. The highest BCUT2D eigenvalue weighted by Gasteiger charge is 2.30. The number of fused-ring (bicyclic) bond motifs is 1. The number of nitrogens with one attached hydrogen (secondary N) is 2. The number of allylic oxidation sites excluding steroid dienone is 2. The predicted octanol–water partition coefficient (Wildman–Crippen LogP) is 5.43. The van der Waals surface area contributed by atoms with Gasteiger partial charge >= 0.3 is 6.18 Å². The molecular formula is C31H29F3N4O3. The number of aromatic nitrogens is 1. The summed E-state index contributed by atoms with van der Waals surface area (Å²) in [6.45, 7) is 4.03. The van der Waals surface area contributed by atoms with Crippen molar-refractivity contribution in [2.45, 2.75) is 32.0 Å². The van der Waals surface area contributed by atoms with E-state index in [1.54, 1.807) is 30.5 Å². The van der Waals surface area contributed by atoms with E-state index in [1.165, 1.54) is 24.3 Å². The van der Waals surface area contributed by atoms with Crippen molar-refractivity contribution in [3.05, 3.63) is 101 Å². The van der Waals surface area contributed by atoms with Crippen LogP contribution in [0.2, 0.25) is 0 Å². The fourth-order valence-electron chi connectivity index (χ4n) is 5.02. The third-order valence-electron chi connectivity index (χ3n) is 7.23. The van der Waals surface area contributed by atoms with Gasteiger partial charge in [0, 0.05) is 54.3 Å². The number of benzene rings is 2. The molecule has 3 heterocycles. The minimum Gasteiger partial charge on any atom is -0.383 e. The predicted molar refractivity (Wildman–Crippen MR) is 151 cm³/mol. The molecule has 0 saturated carbocycles. The third-order valence-corrected chi connectivity index (χ3v) is 7.23. The van der Waals surface area contributed by atoms with Crippen LogP contribution in [0.5, 0.6) is 0 Å². The maximum Gasteiger partial charge on any atom is 0.416 e. The molecule has 41 heavy (non-hydrogen) atoms. The molecule has 10 heteroatoms. The van der Waals surface area contributed by atoms with Gasteiger partial charge in [0.15, 0.2) is 0 Å². The van der Waals surface area contributed by atoms with Crippen LogP contribution in [-0.2, 0) is 22.2 Å². The molecule has 2 unspecified atom stereocenters. The fourth-order valence-corrected chi connectivity index (χ4v) is 5.02. The summed E-state index contributed by atoms with van der Waals surface area (Å²) in [5.74, 6) is 0.469. The molecule has 5 rings (SSSR count). The largest absolute Gasteiger partial charge is 0.416 e. The molecule has 2 atom stereocenters. The van der Waals surface area contributed by atoms with Crippen LogP contribution < -0.4 is 15.5 Å². The summed E-state index contributed by atoms with van der Waals surface area (Å²) >= 11 is 0. The number of carbonyl (C=O) groups excluding carboxylic acids is 2. The van der Waals surface area contributed by atoms with E-state index in [2.05, 4.69) is 27.4 Å². The molecule has 212 valence electrons. The first-order valence-electron chi connectivity index (χ1n) is 13.3. The Morgan fingerprint density at radius 1 is 1.12 bits per heavy atom. The highest BCUT2D eigenvalue weighted by atomic mass is 19.4. The monoisotopic (exact) mass is 562 g/mol. The molecule has 2 aliphatic rings. The Morgan fingerprint density at radius 2 is 1.88 bits per heavy atom. The summed E-state index contributed by atoms with van der Waals surface area (Å²) in [5, 5.41) is 15.3. The van der Waals surface area contributed by atoms with Crippen LogP contribution in [0, 0.1) is 5.92 Å². The molecule has 1 aromatic heterocycles. The Hall–Kier alpha value is -4.44. The van der Waals surface area contributed by atoms with E-state index >= 15 is 0 Å². The van der Waals surface area contributed by atoms with Crippen molar-refractivity contribution in [2.24, 2.45) is 5.92 Å². The zero-order valence-corrected chi connectivity index (χ0v) is 22.3. The number of halogens is 3. The van der Waals surface area contributed by atoms with Crippen molar-refractivity contribution in [1.29, 1.82) is 0 Å². The Kier molecular flexibility index (Phi) is 7.94. The number of alkyl halides is 3. The smallest absolute Gasteiger partial charge is 0.383 e. The lowest BCUT2D eigenvalue weighted by Gasteiger charge is -2.23. The van der Waals surface area contributed by atoms with Gasteiger partial charge in [0.05, 0.1) is 5.56 Å². The molecule has 1 fully saturated rings. The number of aliphatic hydroxyl groups is 1. The second kappa shape index (κ2) is 11.6. The summed E-state index contributed by atoms with van der Waals surface area (Å²) in [4.78, 5) is 31.3. The first kappa shape index (κ1) is 28.1. The lowest BCUT2D eigenvalue weighted by molar-refractivity contribution is -0.137. The van der Waals surface area contributed by atoms with E-state index in [-0.39, 0.29) is 6.42 Å². The molecule has 0 spiro atoms. The molecule has 1 saturated heterocycles. The van der Waals surface area contributed by atoms with Crippen LogP contribution in [0.25, 0.3) is 5.57 Å². The van der Waals surface area contributed by atoms with Crippen LogP contribution in [0.3, 0.4) is 0 Å². The van der Waals surface area contributed by atoms with Gasteiger partial charge in [0.1, 0.15) is 11.9 Å². The minimum atomic E-state index is -4.45. The van der Waals surface area contributed by atoms with Crippen LogP contribution in [0.1, 0.15) is 35.6 Å². The normalized spacial score (nSPS) is 19.3. The Morgan fingerprint density at radius 3 is 2.54 bits per heavy atom. The number of amides is 2. The van der Waals surface area contributed by atoms with E-state index in [0.29, 0.717) is 39.6 Å². The van der Waals surface area contributed by atoms with Crippen molar-refractivity contribution >= 4 is 34.6 Å². The fraction of sp³-hybridized carbons (Fsp3) is 0.258. The van der Waals surface area contributed by atoms with Gasteiger partial charge in [-0.15, -0.1) is 0 Å². The number of hydrogen-bond acceptors (Lipinski definition) is 5.